The first-order valence-electron chi connectivity index (χ1n) is 9.14. The maximum Gasteiger partial charge on any atom is 0.246 e. The number of rotatable bonds is 4. The van der Waals surface area contributed by atoms with Crippen molar-refractivity contribution < 1.29 is 9.53 Å². The molecule has 1 aliphatic rings. The van der Waals surface area contributed by atoms with Crippen molar-refractivity contribution in [1.82, 2.24) is 14.7 Å². The van der Waals surface area contributed by atoms with Gasteiger partial charge < -0.3 is 9.64 Å². The van der Waals surface area contributed by atoms with E-state index < -0.39 is 0 Å². The van der Waals surface area contributed by atoms with E-state index in [1.807, 2.05) is 48.4 Å². The van der Waals surface area contributed by atoms with Gasteiger partial charge in [-0.3, -0.25) is 9.48 Å². The van der Waals surface area contributed by atoms with E-state index in [4.69, 9.17) is 4.74 Å². The second-order valence-electron chi connectivity index (χ2n) is 7.54. The fraction of sp³-hybridized carbons (Fsp3) is 0.429. The maximum atomic E-state index is 12.5. The number of carbonyl (C=O) groups excluding carboxylic acids is 1. The number of hydrogen-bond donors (Lipinski definition) is 0. The molecule has 5 nitrogen and oxygen atoms in total. The fourth-order valence-corrected chi connectivity index (χ4v) is 3.21. The van der Waals surface area contributed by atoms with Gasteiger partial charge in [-0.15, -0.1) is 0 Å². The van der Waals surface area contributed by atoms with Crippen molar-refractivity contribution >= 4 is 12.0 Å². The second kappa shape index (κ2) is 7.36. The molecule has 0 aliphatic carbocycles. The molecule has 26 heavy (non-hydrogen) atoms. The third-order valence-corrected chi connectivity index (χ3v) is 4.49. The van der Waals surface area contributed by atoms with Gasteiger partial charge in [0.1, 0.15) is 5.75 Å². The van der Waals surface area contributed by atoms with Crippen molar-refractivity contribution in [3.63, 3.8) is 0 Å². The second-order valence-corrected chi connectivity index (χ2v) is 7.54. The van der Waals surface area contributed by atoms with E-state index in [1.54, 1.807) is 6.08 Å². The Kier molecular flexibility index (Phi) is 5.16. The van der Waals surface area contributed by atoms with Crippen molar-refractivity contribution in [1.29, 1.82) is 0 Å². The Hall–Kier alpha value is -2.56. The Balaban J connectivity index is 1.65. The molecule has 0 spiro atoms. The molecular weight excluding hydrogens is 326 g/mol. The molecule has 0 saturated carbocycles. The van der Waals surface area contributed by atoms with E-state index in [-0.39, 0.29) is 11.4 Å². The first kappa shape index (κ1) is 18.2. The molecule has 0 bridgehead atoms. The minimum absolute atomic E-state index is 0.0344. The molecule has 1 aliphatic heterocycles. The lowest BCUT2D eigenvalue weighted by molar-refractivity contribution is -0.126. The Morgan fingerprint density at radius 1 is 1.27 bits per heavy atom. The summed E-state index contributed by atoms with van der Waals surface area (Å²) in [7, 11) is 0. The van der Waals surface area contributed by atoms with E-state index in [9.17, 15) is 4.79 Å². The number of carbonyl (C=O) groups is 1. The largest absolute Gasteiger partial charge is 0.494 e. The molecule has 5 heteroatoms. The molecular formula is C21H27N3O2. The molecule has 1 aromatic heterocycles. The maximum absolute atomic E-state index is 12.5. The van der Waals surface area contributed by atoms with Gasteiger partial charge >= 0.3 is 0 Å². The zero-order valence-electron chi connectivity index (χ0n) is 16.0. The van der Waals surface area contributed by atoms with Crippen LogP contribution in [0.1, 0.15) is 44.5 Å². The molecule has 0 radical (unpaired) electrons. The molecule has 2 aromatic rings. The van der Waals surface area contributed by atoms with Crippen molar-refractivity contribution in [3.8, 4) is 5.75 Å². The number of benzene rings is 1. The Morgan fingerprint density at radius 3 is 2.65 bits per heavy atom. The Morgan fingerprint density at radius 2 is 2.00 bits per heavy atom. The van der Waals surface area contributed by atoms with Crippen LogP contribution in [0.25, 0.3) is 6.08 Å². The van der Waals surface area contributed by atoms with Crippen molar-refractivity contribution in [3.05, 3.63) is 53.4 Å². The summed E-state index contributed by atoms with van der Waals surface area (Å²) in [5.41, 5.74) is 3.35. The lowest BCUT2D eigenvalue weighted by Crippen LogP contribution is -2.36. The van der Waals surface area contributed by atoms with E-state index >= 15 is 0 Å². The standard InChI is InChI=1S/C21H27N3O2/c1-5-26-18-9-6-16(7-10-18)8-11-20(25)23-13-12-19-17(15-23)14-22-24(19)21(2,3)4/h6-11,14H,5,12-13,15H2,1-4H3/b11-8+. The van der Waals surface area contributed by atoms with Crippen LogP contribution in [0.4, 0.5) is 0 Å². The summed E-state index contributed by atoms with van der Waals surface area (Å²) in [6, 6.07) is 7.75. The quantitative estimate of drug-likeness (QED) is 0.789. The van der Waals surface area contributed by atoms with Crippen LogP contribution < -0.4 is 4.74 Å². The van der Waals surface area contributed by atoms with Crippen molar-refractivity contribution in [2.24, 2.45) is 0 Å². The fourth-order valence-electron chi connectivity index (χ4n) is 3.21. The summed E-state index contributed by atoms with van der Waals surface area (Å²) in [5, 5.41) is 4.53. The lowest BCUT2D eigenvalue weighted by Gasteiger charge is -2.29. The number of fused-ring (bicyclic) bond motifs is 1. The SMILES string of the molecule is CCOc1ccc(/C=C/C(=O)N2CCc3c(cnn3C(C)(C)C)C2)cc1. The lowest BCUT2D eigenvalue weighted by atomic mass is 10.0. The number of nitrogens with zero attached hydrogens (tertiary/aromatic N) is 3. The Bertz CT molecular complexity index is 798. The normalized spacial score (nSPS) is 14.5. The van der Waals surface area contributed by atoms with Crippen LogP contribution in [-0.4, -0.2) is 33.7 Å². The van der Waals surface area contributed by atoms with Gasteiger partial charge in [-0.25, -0.2) is 0 Å². The first-order valence-corrected chi connectivity index (χ1v) is 9.14. The van der Waals surface area contributed by atoms with Gasteiger partial charge in [0.05, 0.1) is 18.3 Å². The van der Waals surface area contributed by atoms with E-state index in [0.717, 1.165) is 29.8 Å². The topological polar surface area (TPSA) is 47.4 Å². The number of ether oxygens (including phenoxy) is 1. The summed E-state index contributed by atoms with van der Waals surface area (Å²) >= 11 is 0. The molecule has 3 rings (SSSR count). The highest BCUT2D eigenvalue weighted by molar-refractivity contribution is 5.91. The predicted octanol–water partition coefficient (Wildman–Crippen LogP) is 3.63. The van der Waals surface area contributed by atoms with Crippen molar-refractivity contribution in [2.75, 3.05) is 13.2 Å². The molecule has 0 saturated heterocycles. The average molecular weight is 353 g/mol. The molecule has 1 amide bonds. The number of aromatic nitrogens is 2. The predicted molar refractivity (Wildman–Crippen MR) is 103 cm³/mol. The Labute approximate surface area is 155 Å². The van der Waals surface area contributed by atoms with Crippen LogP contribution in [0, 0.1) is 0 Å². The van der Waals surface area contributed by atoms with E-state index in [1.165, 1.54) is 5.69 Å². The molecule has 138 valence electrons. The highest BCUT2D eigenvalue weighted by atomic mass is 16.5. The van der Waals surface area contributed by atoms with Gasteiger partial charge in [0.25, 0.3) is 0 Å². The van der Waals surface area contributed by atoms with Crippen LogP contribution in [0.5, 0.6) is 5.75 Å². The third kappa shape index (κ3) is 3.98. The van der Waals surface area contributed by atoms with Gasteiger partial charge in [0.15, 0.2) is 0 Å². The summed E-state index contributed by atoms with van der Waals surface area (Å²) in [6.07, 6.45) is 6.24. The monoisotopic (exact) mass is 353 g/mol. The zero-order chi connectivity index (χ0) is 18.7. The highest BCUT2D eigenvalue weighted by Crippen LogP contribution is 2.24. The summed E-state index contributed by atoms with van der Waals surface area (Å²) in [4.78, 5) is 14.4. The van der Waals surface area contributed by atoms with Gasteiger partial charge in [0, 0.05) is 36.8 Å². The summed E-state index contributed by atoms with van der Waals surface area (Å²) in [5.74, 6) is 0.878. The third-order valence-electron chi connectivity index (χ3n) is 4.49. The average Bonchev–Trinajstić information content (AvgIpc) is 3.04. The van der Waals surface area contributed by atoms with E-state index in [2.05, 4.69) is 30.6 Å². The van der Waals surface area contributed by atoms with Crippen LogP contribution in [-0.2, 0) is 23.3 Å². The first-order chi connectivity index (χ1) is 12.4. The molecule has 2 heterocycles. The van der Waals surface area contributed by atoms with E-state index in [0.29, 0.717) is 13.2 Å². The highest BCUT2D eigenvalue weighted by Gasteiger charge is 2.26. The molecule has 0 unspecified atom stereocenters. The molecule has 1 aromatic carbocycles. The smallest absolute Gasteiger partial charge is 0.246 e. The number of hydrogen-bond acceptors (Lipinski definition) is 3. The zero-order valence-corrected chi connectivity index (χ0v) is 16.0. The van der Waals surface area contributed by atoms with Crippen LogP contribution >= 0.6 is 0 Å². The van der Waals surface area contributed by atoms with Crippen LogP contribution in [0.2, 0.25) is 0 Å². The summed E-state index contributed by atoms with van der Waals surface area (Å²) < 4.78 is 7.52. The van der Waals surface area contributed by atoms with Crippen LogP contribution in [0.15, 0.2) is 36.5 Å². The molecule has 0 atom stereocenters. The molecule has 0 N–H and O–H groups in total. The summed E-state index contributed by atoms with van der Waals surface area (Å²) in [6.45, 7) is 10.4. The van der Waals surface area contributed by atoms with Gasteiger partial charge in [0.2, 0.25) is 5.91 Å². The van der Waals surface area contributed by atoms with Crippen molar-refractivity contribution in [2.45, 2.75) is 46.2 Å². The van der Waals surface area contributed by atoms with Gasteiger partial charge in [-0.05, 0) is 51.5 Å². The van der Waals surface area contributed by atoms with Gasteiger partial charge in [-0.1, -0.05) is 12.1 Å². The number of amides is 1. The minimum Gasteiger partial charge on any atom is -0.494 e. The molecule has 0 fully saturated rings. The van der Waals surface area contributed by atoms with Gasteiger partial charge in [-0.2, -0.15) is 5.10 Å². The minimum atomic E-state index is -0.0344. The van der Waals surface area contributed by atoms with Crippen LogP contribution in [0.3, 0.4) is 0 Å².